The third kappa shape index (κ3) is 4.62. The van der Waals surface area contributed by atoms with E-state index in [0.29, 0.717) is 37.7 Å². The van der Waals surface area contributed by atoms with E-state index >= 15 is 0 Å². The average molecular weight is 449 g/mol. The average Bonchev–Trinajstić information content (AvgIpc) is 3.41. The number of hydrogen-bond acceptors (Lipinski definition) is 6. The molecule has 2 aromatic heterocycles. The van der Waals surface area contributed by atoms with Crippen LogP contribution < -0.4 is 4.90 Å². The quantitative estimate of drug-likeness (QED) is 0.576. The van der Waals surface area contributed by atoms with E-state index < -0.39 is 11.4 Å². The number of hydrogen-bond donors (Lipinski definition) is 0. The van der Waals surface area contributed by atoms with Crippen LogP contribution in [0.1, 0.15) is 31.5 Å². The molecule has 0 spiro atoms. The van der Waals surface area contributed by atoms with Crippen LogP contribution in [0.25, 0.3) is 0 Å². The summed E-state index contributed by atoms with van der Waals surface area (Å²) < 4.78 is 22.4. The number of aryl methyl sites for hydroxylation is 1. The van der Waals surface area contributed by atoms with Gasteiger partial charge in [0.15, 0.2) is 0 Å². The molecule has 0 unspecified atom stereocenters. The molecule has 10 heteroatoms. The Morgan fingerprint density at radius 2 is 1.94 bits per heavy atom. The van der Waals surface area contributed by atoms with Crippen LogP contribution in [-0.4, -0.2) is 50.4 Å². The van der Waals surface area contributed by atoms with Crippen LogP contribution in [0.2, 0.25) is 0 Å². The van der Waals surface area contributed by atoms with Gasteiger partial charge in [0.05, 0.1) is 12.2 Å². The standard InChI is InChI=1S/C21H25FN6O2.ClH/c1-16-24-25-20(30-16)21(28(17(2)29)19-7-4-3-6-18(19)22)8-12-26(13-9-21)14-15-27-11-5-10-23-27;/h3-7,10-11H,8-9,12-15H2,1-2H3;1H. The van der Waals surface area contributed by atoms with Crippen molar-refractivity contribution in [2.45, 2.75) is 38.8 Å². The Bertz CT molecular complexity index is 1000. The number of anilines is 1. The minimum Gasteiger partial charge on any atom is -0.423 e. The van der Waals surface area contributed by atoms with Crippen molar-refractivity contribution < 1.29 is 13.6 Å². The van der Waals surface area contributed by atoms with Gasteiger partial charge in [-0.3, -0.25) is 14.4 Å². The summed E-state index contributed by atoms with van der Waals surface area (Å²) in [4.78, 5) is 16.6. The van der Waals surface area contributed by atoms with Gasteiger partial charge in [-0.2, -0.15) is 5.10 Å². The van der Waals surface area contributed by atoms with Crippen LogP contribution in [0.3, 0.4) is 0 Å². The third-order valence-corrected chi connectivity index (χ3v) is 5.65. The lowest BCUT2D eigenvalue weighted by Crippen LogP contribution is -2.56. The highest BCUT2D eigenvalue weighted by Gasteiger charge is 2.48. The first-order chi connectivity index (χ1) is 14.5. The minimum atomic E-state index is -0.891. The predicted molar refractivity (Wildman–Crippen MR) is 115 cm³/mol. The summed E-state index contributed by atoms with van der Waals surface area (Å²) in [6.45, 7) is 6.19. The maximum Gasteiger partial charge on any atom is 0.242 e. The van der Waals surface area contributed by atoms with E-state index in [1.807, 2.05) is 16.9 Å². The molecule has 1 aromatic carbocycles. The molecule has 3 heterocycles. The van der Waals surface area contributed by atoms with Crippen molar-refractivity contribution in [1.82, 2.24) is 24.9 Å². The first-order valence-electron chi connectivity index (χ1n) is 10.1. The van der Waals surface area contributed by atoms with Crippen LogP contribution in [0.5, 0.6) is 0 Å². The Labute approximate surface area is 186 Å². The third-order valence-electron chi connectivity index (χ3n) is 5.65. The van der Waals surface area contributed by atoms with E-state index in [4.69, 9.17) is 4.42 Å². The molecular formula is C21H26ClFN6O2. The second-order valence-corrected chi connectivity index (χ2v) is 7.57. The number of halogens is 2. The van der Waals surface area contributed by atoms with Crippen molar-refractivity contribution in [1.29, 1.82) is 0 Å². The summed E-state index contributed by atoms with van der Waals surface area (Å²) in [6, 6.07) is 8.21. The number of carbonyl (C=O) groups is 1. The van der Waals surface area contributed by atoms with Crippen LogP contribution in [0.15, 0.2) is 47.1 Å². The summed E-state index contributed by atoms with van der Waals surface area (Å²) in [5.41, 5.74) is -0.664. The second kappa shape index (κ2) is 9.57. The maximum atomic E-state index is 14.7. The summed E-state index contributed by atoms with van der Waals surface area (Å²) in [7, 11) is 0. The minimum absolute atomic E-state index is 0. The van der Waals surface area contributed by atoms with Crippen molar-refractivity contribution in [3.63, 3.8) is 0 Å². The van der Waals surface area contributed by atoms with Crippen LogP contribution in [0, 0.1) is 12.7 Å². The number of aromatic nitrogens is 4. The number of amides is 1. The fourth-order valence-electron chi connectivity index (χ4n) is 4.18. The fourth-order valence-corrected chi connectivity index (χ4v) is 4.18. The first-order valence-corrected chi connectivity index (χ1v) is 10.1. The number of likely N-dealkylation sites (tertiary alicyclic amines) is 1. The highest BCUT2D eigenvalue weighted by molar-refractivity contribution is 5.93. The molecule has 31 heavy (non-hydrogen) atoms. The number of benzene rings is 1. The van der Waals surface area contributed by atoms with Crippen molar-refractivity contribution in [2.24, 2.45) is 0 Å². The zero-order valence-electron chi connectivity index (χ0n) is 17.6. The molecule has 4 rings (SSSR count). The summed E-state index contributed by atoms with van der Waals surface area (Å²) in [5, 5.41) is 12.5. The number of para-hydroxylation sites is 1. The van der Waals surface area contributed by atoms with Gasteiger partial charge in [0.25, 0.3) is 0 Å². The van der Waals surface area contributed by atoms with Gasteiger partial charge in [0.1, 0.15) is 11.4 Å². The largest absolute Gasteiger partial charge is 0.423 e. The van der Waals surface area contributed by atoms with Gasteiger partial charge in [-0.15, -0.1) is 22.6 Å². The van der Waals surface area contributed by atoms with E-state index in [-0.39, 0.29) is 24.0 Å². The van der Waals surface area contributed by atoms with Crippen molar-refractivity contribution >= 4 is 24.0 Å². The van der Waals surface area contributed by atoms with Crippen molar-refractivity contribution in [3.8, 4) is 0 Å². The van der Waals surface area contributed by atoms with Crippen LogP contribution >= 0.6 is 12.4 Å². The molecule has 1 aliphatic rings. The van der Waals surface area contributed by atoms with Crippen LogP contribution in [-0.2, 0) is 16.9 Å². The van der Waals surface area contributed by atoms with Crippen molar-refractivity contribution in [3.05, 3.63) is 60.3 Å². The first kappa shape index (κ1) is 22.9. The number of piperidine rings is 1. The molecule has 0 N–H and O–H groups in total. The van der Waals surface area contributed by atoms with Crippen molar-refractivity contribution in [2.75, 3.05) is 24.5 Å². The van der Waals surface area contributed by atoms with Gasteiger partial charge < -0.3 is 9.32 Å². The molecule has 8 nitrogen and oxygen atoms in total. The molecule has 0 aliphatic carbocycles. The zero-order chi connectivity index (χ0) is 21.1. The molecule has 0 bridgehead atoms. The number of carbonyl (C=O) groups excluding carboxylic acids is 1. The van der Waals surface area contributed by atoms with E-state index in [1.54, 1.807) is 31.3 Å². The lowest BCUT2D eigenvalue weighted by Gasteiger charge is -2.46. The normalized spacial score (nSPS) is 16.0. The van der Waals surface area contributed by atoms with Gasteiger partial charge >= 0.3 is 0 Å². The molecule has 1 amide bonds. The molecule has 0 saturated carbocycles. The lowest BCUT2D eigenvalue weighted by molar-refractivity contribution is -0.118. The van der Waals surface area contributed by atoms with Gasteiger partial charge in [-0.05, 0) is 31.0 Å². The maximum absolute atomic E-state index is 14.7. The Hall–Kier alpha value is -2.78. The lowest BCUT2D eigenvalue weighted by atomic mass is 9.84. The summed E-state index contributed by atoms with van der Waals surface area (Å²) >= 11 is 0. The molecular weight excluding hydrogens is 423 g/mol. The van der Waals surface area contributed by atoms with Gasteiger partial charge in [-0.1, -0.05) is 12.1 Å². The zero-order valence-corrected chi connectivity index (χ0v) is 18.4. The Balaban J connectivity index is 0.00000272. The van der Waals surface area contributed by atoms with Crippen LogP contribution in [0.4, 0.5) is 10.1 Å². The Morgan fingerprint density at radius 1 is 1.19 bits per heavy atom. The fraction of sp³-hybridized carbons (Fsp3) is 0.429. The SMILES string of the molecule is CC(=O)N(c1ccccc1F)C1(c2nnc(C)o2)CCN(CCn2cccn2)CC1.Cl. The summed E-state index contributed by atoms with van der Waals surface area (Å²) in [5.74, 6) is 0.0538. The molecule has 0 radical (unpaired) electrons. The predicted octanol–water partition coefficient (Wildman–Crippen LogP) is 3.18. The number of rotatable bonds is 6. The highest BCUT2D eigenvalue weighted by atomic mass is 35.5. The molecule has 1 fully saturated rings. The number of nitrogens with zero attached hydrogens (tertiary/aromatic N) is 6. The topological polar surface area (TPSA) is 80.3 Å². The molecule has 1 aliphatic heterocycles. The van der Waals surface area contributed by atoms with E-state index in [9.17, 15) is 9.18 Å². The Morgan fingerprint density at radius 3 is 2.52 bits per heavy atom. The van der Waals surface area contributed by atoms with Gasteiger partial charge in [0.2, 0.25) is 17.7 Å². The molecule has 0 atom stereocenters. The van der Waals surface area contributed by atoms with E-state index in [2.05, 4.69) is 20.2 Å². The van der Waals surface area contributed by atoms with Gasteiger partial charge in [0, 0.05) is 45.9 Å². The van der Waals surface area contributed by atoms with Gasteiger partial charge in [-0.25, -0.2) is 4.39 Å². The highest BCUT2D eigenvalue weighted by Crippen LogP contribution is 2.42. The monoisotopic (exact) mass is 448 g/mol. The smallest absolute Gasteiger partial charge is 0.242 e. The Kier molecular flexibility index (Phi) is 7.07. The summed E-state index contributed by atoms with van der Waals surface area (Å²) in [6.07, 6.45) is 4.81. The molecule has 1 saturated heterocycles. The molecule has 166 valence electrons. The van der Waals surface area contributed by atoms with E-state index in [0.717, 1.165) is 13.1 Å². The van der Waals surface area contributed by atoms with E-state index in [1.165, 1.54) is 17.9 Å². The molecule has 3 aromatic rings. The second-order valence-electron chi connectivity index (χ2n) is 7.57.